The minimum Gasteiger partial charge on any atom is -0.497 e. The first-order valence-electron chi connectivity index (χ1n) is 8.26. The summed E-state index contributed by atoms with van der Waals surface area (Å²) in [5.74, 6) is 1.50. The lowest BCUT2D eigenvalue weighted by Gasteiger charge is -2.06. The Morgan fingerprint density at radius 1 is 1.23 bits per heavy atom. The highest BCUT2D eigenvalue weighted by molar-refractivity contribution is 7.99. The molecule has 0 saturated carbocycles. The Kier molecular flexibility index (Phi) is 5.91. The van der Waals surface area contributed by atoms with Crippen molar-refractivity contribution in [1.82, 2.24) is 15.2 Å². The lowest BCUT2D eigenvalue weighted by atomic mass is 10.1. The van der Waals surface area contributed by atoms with Crippen molar-refractivity contribution in [1.29, 1.82) is 0 Å². The van der Waals surface area contributed by atoms with Crippen molar-refractivity contribution in [2.75, 3.05) is 18.2 Å². The van der Waals surface area contributed by atoms with Crippen LogP contribution < -0.4 is 10.1 Å². The Balaban J connectivity index is 1.56. The summed E-state index contributed by atoms with van der Waals surface area (Å²) < 4.78 is 5.14. The fourth-order valence-corrected chi connectivity index (χ4v) is 2.96. The highest BCUT2D eigenvalue weighted by Crippen LogP contribution is 2.21. The first kappa shape index (κ1) is 18.0. The number of methoxy groups -OCH3 is 1. The molecule has 134 valence electrons. The second-order valence-corrected chi connectivity index (χ2v) is 6.53. The summed E-state index contributed by atoms with van der Waals surface area (Å²) >= 11 is 1.28. The molecule has 0 fully saturated rings. The molecule has 0 radical (unpaired) electrons. The summed E-state index contributed by atoms with van der Waals surface area (Å²) in [5, 5.41) is 10.5. The van der Waals surface area contributed by atoms with Crippen molar-refractivity contribution >= 4 is 23.4 Å². The van der Waals surface area contributed by atoms with Crippen LogP contribution in [0, 0.1) is 0 Å². The van der Waals surface area contributed by atoms with Crippen LogP contribution in [0.4, 0.5) is 5.69 Å². The Morgan fingerprint density at radius 2 is 2.04 bits per heavy atom. The lowest BCUT2D eigenvalue weighted by Crippen LogP contribution is -2.14. The predicted molar refractivity (Wildman–Crippen MR) is 104 cm³/mol. The zero-order chi connectivity index (χ0) is 18.4. The number of thioether (sulfide) groups is 1. The van der Waals surface area contributed by atoms with Crippen molar-refractivity contribution in [3.63, 3.8) is 0 Å². The van der Waals surface area contributed by atoms with Crippen LogP contribution in [0.3, 0.4) is 0 Å². The molecule has 2 N–H and O–H groups in total. The zero-order valence-electron chi connectivity index (χ0n) is 14.7. The number of rotatable bonds is 7. The number of H-pyrrole nitrogens is 1. The molecule has 0 aliphatic heterocycles. The minimum atomic E-state index is -0.123. The number of hydrogen-bond donors (Lipinski definition) is 2. The van der Waals surface area contributed by atoms with E-state index in [0.29, 0.717) is 22.4 Å². The van der Waals surface area contributed by atoms with Crippen LogP contribution in [0.5, 0.6) is 5.75 Å². The second-order valence-electron chi connectivity index (χ2n) is 5.59. The van der Waals surface area contributed by atoms with Gasteiger partial charge in [0.25, 0.3) is 0 Å². The van der Waals surface area contributed by atoms with E-state index in [1.807, 2.05) is 30.3 Å². The van der Waals surface area contributed by atoms with Gasteiger partial charge in [0, 0.05) is 17.3 Å². The third kappa shape index (κ3) is 4.64. The molecule has 3 rings (SSSR count). The lowest BCUT2D eigenvalue weighted by molar-refractivity contribution is -0.113. The van der Waals surface area contributed by atoms with Crippen LogP contribution >= 0.6 is 11.8 Å². The fourth-order valence-electron chi connectivity index (χ4n) is 2.37. The van der Waals surface area contributed by atoms with E-state index in [4.69, 9.17) is 4.74 Å². The normalized spacial score (nSPS) is 10.5. The molecule has 1 amide bonds. The number of benzene rings is 2. The summed E-state index contributed by atoms with van der Waals surface area (Å²) in [6, 6.07) is 15.4. The van der Waals surface area contributed by atoms with Gasteiger partial charge >= 0.3 is 0 Å². The van der Waals surface area contributed by atoms with Crippen LogP contribution in [0.2, 0.25) is 0 Å². The van der Waals surface area contributed by atoms with E-state index in [0.717, 1.165) is 12.0 Å². The number of anilines is 1. The Bertz CT molecular complexity index is 877. The standard InChI is InChI=1S/C19H20N4O2S/c1-3-13-7-9-14(10-8-13)18-21-19(23-22-18)26-12-17(24)20-15-5-4-6-16(11-15)25-2/h4-11H,3,12H2,1-2H3,(H,20,24)(H,21,22,23). The van der Waals surface area contributed by atoms with Crippen molar-refractivity contribution in [3.05, 3.63) is 54.1 Å². The Labute approximate surface area is 156 Å². The molecule has 2 aromatic carbocycles. The molecular formula is C19H20N4O2S. The van der Waals surface area contributed by atoms with Crippen LogP contribution in [-0.4, -0.2) is 34.0 Å². The van der Waals surface area contributed by atoms with Crippen molar-refractivity contribution in [3.8, 4) is 17.1 Å². The number of aromatic amines is 1. The van der Waals surface area contributed by atoms with Gasteiger partial charge in [0.1, 0.15) is 5.75 Å². The van der Waals surface area contributed by atoms with Crippen molar-refractivity contribution in [2.45, 2.75) is 18.5 Å². The highest BCUT2D eigenvalue weighted by atomic mass is 32.2. The highest BCUT2D eigenvalue weighted by Gasteiger charge is 2.09. The maximum atomic E-state index is 12.1. The van der Waals surface area contributed by atoms with Crippen LogP contribution in [0.15, 0.2) is 53.7 Å². The van der Waals surface area contributed by atoms with Crippen molar-refractivity contribution in [2.24, 2.45) is 0 Å². The number of amides is 1. The summed E-state index contributed by atoms with van der Waals surface area (Å²) in [6.45, 7) is 2.12. The number of nitrogens with one attached hydrogen (secondary N) is 2. The van der Waals surface area contributed by atoms with Gasteiger partial charge in [0.05, 0.1) is 12.9 Å². The first-order valence-corrected chi connectivity index (χ1v) is 9.25. The number of carbonyl (C=O) groups excluding carboxylic acids is 1. The van der Waals surface area contributed by atoms with Crippen LogP contribution in [0.1, 0.15) is 12.5 Å². The van der Waals surface area contributed by atoms with Gasteiger partial charge in [0.15, 0.2) is 5.82 Å². The van der Waals surface area contributed by atoms with Gasteiger partial charge in [0.2, 0.25) is 11.1 Å². The van der Waals surface area contributed by atoms with E-state index in [2.05, 4.69) is 39.6 Å². The van der Waals surface area contributed by atoms with Gasteiger partial charge in [-0.3, -0.25) is 9.89 Å². The number of nitrogens with zero attached hydrogens (tertiary/aromatic N) is 2. The monoisotopic (exact) mass is 368 g/mol. The maximum absolute atomic E-state index is 12.1. The summed E-state index contributed by atoms with van der Waals surface area (Å²) in [7, 11) is 1.59. The molecule has 0 bridgehead atoms. The van der Waals surface area contributed by atoms with Gasteiger partial charge in [-0.2, -0.15) is 0 Å². The molecule has 26 heavy (non-hydrogen) atoms. The van der Waals surface area contributed by atoms with Crippen molar-refractivity contribution < 1.29 is 9.53 Å². The first-order chi connectivity index (χ1) is 12.7. The molecule has 0 atom stereocenters. The fraction of sp³-hybridized carbons (Fsp3) is 0.211. The average Bonchev–Trinajstić information content (AvgIpc) is 3.15. The number of aromatic nitrogens is 3. The molecule has 1 heterocycles. The largest absolute Gasteiger partial charge is 0.497 e. The van der Waals surface area contributed by atoms with Gasteiger partial charge in [-0.25, -0.2) is 4.98 Å². The molecule has 0 saturated heterocycles. The number of hydrogen-bond acceptors (Lipinski definition) is 5. The summed E-state index contributed by atoms with van der Waals surface area (Å²) in [4.78, 5) is 16.5. The molecule has 3 aromatic rings. The van der Waals surface area contributed by atoms with E-state index < -0.39 is 0 Å². The topological polar surface area (TPSA) is 79.9 Å². The van der Waals surface area contributed by atoms with Crippen LogP contribution in [0.25, 0.3) is 11.4 Å². The molecule has 7 heteroatoms. The molecule has 1 aromatic heterocycles. The minimum absolute atomic E-state index is 0.123. The third-order valence-electron chi connectivity index (χ3n) is 3.79. The van der Waals surface area contributed by atoms with Gasteiger partial charge in [-0.15, -0.1) is 5.10 Å². The molecule has 0 spiro atoms. The molecule has 0 unspecified atom stereocenters. The molecule has 0 aliphatic carbocycles. The van der Waals surface area contributed by atoms with E-state index in [-0.39, 0.29) is 11.7 Å². The van der Waals surface area contributed by atoms with E-state index in [1.165, 1.54) is 17.3 Å². The SMILES string of the molecule is CCc1ccc(-c2nc(SCC(=O)Nc3cccc(OC)c3)n[nH]2)cc1. The predicted octanol–water partition coefficient (Wildman–Crippen LogP) is 3.77. The smallest absolute Gasteiger partial charge is 0.234 e. The maximum Gasteiger partial charge on any atom is 0.234 e. The van der Waals surface area contributed by atoms with E-state index in [1.54, 1.807) is 13.2 Å². The number of carbonyl (C=O) groups is 1. The van der Waals surface area contributed by atoms with E-state index >= 15 is 0 Å². The Morgan fingerprint density at radius 3 is 2.77 bits per heavy atom. The zero-order valence-corrected chi connectivity index (χ0v) is 15.5. The number of ether oxygens (including phenoxy) is 1. The summed E-state index contributed by atoms with van der Waals surface area (Å²) in [5.41, 5.74) is 2.95. The Hall–Kier alpha value is -2.80. The quantitative estimate of drug-likeness (QED) is 0.621. The van der Waals surface area contributed by atoms with Gasteiger partial charge < -0.3 is 10.1 Å². The molecular weight excluding hydrogens is 348 g/mol. The average molecular weight is 368 g/mol. The van der Waals surface area contributed by atoms with Gasteiger partial charge in [-0.05, 0) is 24.1 Å². The van der Waals surface area contributed by atoms with E-state index in [9.17, 15) is 4.79 Å². The third-order valence-corrected chi connectivity index (χ3v) is 4.63. The number of aryl methyl sites for hydroxylation is 1. The molecule has 0 aliphatic rings. The van der Waals surface area contributed by atoms with Crippen LogP contribution in [-0.2, 0) is 11.2 Å². The summed E-state index contributed by atoms with van der Waals surface area (Å²) in [6.07, 6.45) is 1.00. The van der Waals surface area contributed by atoms with Gasteiger partial charge in [-0.1, -0.05) is 49.0 Å². The second kappa shape index (κ2) is 8.53. The molecule has 6 nitrogen and oxygen atoms in total.